The zero-order valence-electron chi connectivity index (χ0n) is 14.0. The summed E-state index contributed by atoms with van der Waals surface area (Å²) in [7, 11) is 0. The molecular weight excluding hydrogens is 332 g/mol. The van der Waals surface area contributed by atoms with Gasteiger partial charge >= 0.3 is 0 Å². The molecule has 1 aliphatic rings. The van der Waals surface area contributed by atoms with E-state index in [4.69, 9.17) is 11.6 Å². The van der Waals surface area contributed by atoms with Crippen LogP contribution in [0.3, 0.4) is 0 Å². The molecule has 25 heavy (non-hydrogen) atoms. The third-order valence-corrected chi connectivity index (χ3v) is 5.21. The molecule has 0 atom stereocenters. The fourth-order valence-electron chi connectivity index (χ4n) is 3.53. The average Bonchev–Trinajstić information content (AvgIpc) is 2.65. The van der Waals surface area contributed by atoms with Gasteiger partial charge in [-0.1, -0.05) is 41.9 Å². The van der Waals surface area contributed by atoms with E-state index in [1.807, 2.05) is 36.4 Å². The number of fused-ring (bicyclic) bond motifs is 1. The first-order valence-electron chi connectivity index (χ1n) is 8.63. The zero-order chi connectivity index (χ0) is 17.2. The topological polar surface area (TPSA) is 26.7 Å². The lowest BCUT2D eigenvalue weighted by molar-refractivity contribution is 0.248. The van der Waals surface area contributed by atoms with Crippen LogP contribution in [0.5, 0.6) is 5.75 Å². The molecule has 1 fully saturated rings. The number of anilines is 1. The smallest absolute Gasteiger partial charge is 0.120 e. The Morgan fingerprint density at radius 3 is 2.32 bits per heavy atom. The van der Waals surface area contributed by atoms with Crippen LogP contribution in [0.15, 0.2) is 60.7 Å². The van der Waals surface area contributed by atoms with Gasteiger partial charge in [0.25, 0.3) is 0 Å². The van der Waals surface area contributed by atoms with Crippen LogP contribution < -0.4 is 4.90 Å². The second-order valence-electron chi connectivity index (χ2n) is 6.52. The van der Waals surface area contributed by atoms with Gasteiger partial charge in [0.2, 0.25) is 0 Å². The maximum absolute atomic E-state index is 10.3. The van der Waals surface area contributed by atoms with E-state index in [2.05, 4.69) is 34.1 Å². The van der Waals surface area contributed by atoms with Gasteiger partial charge in [0.05, 0.1) is 0 Å². The molecule has 0 saturated carbocycles. The van der Waals surface area contributed by atoms with Gasteiger partial charge in [-0.2, -0.15) is 0 Å². The maximum Gasteiger partial charge on any atom is 0.120 e. The Morgan fingerprint density at radius 1 is 0.840 bits per heavy atom. The molecule has 4 rings (SSSR count). The molecule has 0 bridgehead atoms. The van der Waals surface area contributed by atoms with E-state index in [1.54, 1.807) is 0 Å². The second-order valence-corrected chi connectivity index (χ2v) is 6.96. The Bertz CT molecular complexity index is 871. The number of piperazine rings is 1. The molecule has 1 aliphatic heterocycles. The first kappa shape index (κ1) is 16.2. The van der Waals surface area contributed by atoms with Crippen molar-refractivity contribution in [1.82, 2.24) is 4.90 Å². The van der Waals surface area contributed by atoms with Crippen molar-refractivity contribution in [2.75, 3.05) is 31.1 Å². The third-order valence-electron chi connectivity index (χ3n) is 4.96. The summed E-state index contributed by atoms with van der Waals surface area (Å²) in [6, 6.07) is 20.1. The van der Waals surface area contributed by atoms with E-state index in [0.717, 1.165) is 48.7 Å². The minimum absolute atomic E-state index is 0.388. The van der Waals surface area contributed by atoms with Gasteiger partial charge in [0.1, 0.15) is 5.75 Å². The van der Waals surface area contributed by atoms with Gasteiger partial charge in [-0.3, -0.25) is 4.90 Å². The van der Waals surface area contributed by atoms with Crippen LogP contribution in [-0.2, 0) is 6.54 Å². The normalized spacial score (nSPS) is 15.6. The number of hydrogen-bond donors (Lipinski definition) is 1. The quantitative estimate of drug-likeness (QED) is 0.750. The van der Waals surface area contributed by atoms with Crippen LogP contribution in [0.4, 0.5) is 5.69 Å². The van der Waals surface area contributed by atoms with Gasteiger partial charge in [-0.05, 0) is 41.1 Å². The highest BCUT2D eigenvalue weighted by Crippen LogP contribution is 2.29. The van der Waals surface area contributed by atoms with Gasteiger partial charge in [-0.15, -0.1) is 0 Å². The van der Waals surface area contributed by atoms with Crippen LogP contribution >= 0.6 is 11.6 Å². The van der Waals surface area contributed by atoms with Crippen LogP contribution in [0, 0.1) is 0 Å². The molecule has 128 valence electrons. The third kappa shape index (κ3) is 3.44. The number of phenolic OH excluding ortho intramolecular Hbond substituents is 1. The molecule has 0 aliphatic carbocycles. The van der Waals surface area contributed by atoms with E-state index in [1.165, 1.54) is 11.1 Å². The molecule has 3 nitrogen and oxygen atoms in total. The summed E-state index contributed by atoms with van der Waals surface area (Å²) in [4.78, 5) is 4.80. The van der Waals surface area contributed by atoms with Gasteiger partial charge < -0.3 is 10.0 Å². The summed E-state index contributed by atoms with van der Waals surface area (Å²) < 4.78 is 0. The molecule has 0 unspecified atom stereocenters. The van der Waals surface area contributed by atoms with Crippen molar-refractivity contribution >= 4 is 28.1 Å². The molecule has 1 N–H and O–H groups in total. The van der Waals surface area contributed by atoms with Crippen molar-refractivity contribution in [2.24, 2.45) is 0 Å². The summed E-state index contributed by atoms with van der Waals surface area (Å²) in [5, 5.41) is 13.4. The van der Waals surface area contributed by atoms with Crippen LogP contribution in [0.2, 0.25) is 5.02 Å². The Kier molecular flexibility index (Phi) is 4.51. The summed E-state index contributed by atoms with van der Waals surface area (Å²) >= 11 is 5.98. The predicted molar refractivity (Wildman–Crippen MR) is 105 cm³/mol. The highest BCUT2D eigenvalue weighted by Gasteiger charge is 2.19. The molecule has 1 saturated heterocycles. The molecule has 3 aromatic rings. The Balaban J connectivity index is 1.47. The van der Waals surface area contributed by atoms with Crippen LogP contribution in [-0.4, -0.2) is 36.2 Å². The molecule has 4 heteroatoms. The number of nitrogens with zero attached hydrogens (tertiary/aromatic N) is 2. The van der Waals surface area contributed by atoms with Crippen molar-refractivity contribution in [3.63, 3.8) is 0 Å². The SMILES string of the molecule is Oc1ccc2ccccc2c1CN1CCN(c2ccc(Cl)cc2)CC1. The lowest BCUT2D eigenvalue weighted by atomic mass is 10.0. The van der Waals surface area contributed by atoms with Gasteiger partial charge in [0.15, 0.2) is 0 Å². The molecule has 0 spiro atoms. The summed E-state index contributed by atoms with van der Waals surface area (Å²) in [5.74, 6) is 0.388. The van der Waals surface area contributed by atoms with Gasteiger partial charge in [-0.25, -0.2) is 0 Å². The fourth-order valence-corrected chi connectivity index (χ4v) is 3.66. The van der Waals surface area contributed by atoms with E-state index in [9.17, 15) is 5.11 Å². The number of aromatic hydroxyl groups is 1. The minimum atomic E-state index is 0.388. The highest BCUT2D eigenvalue weighted by atomic mass is 35.5. The zero-order valence-corrected chi connectivity index (χ0v) is 14.8. The van der Waals surface area contributed by atoms with Crippen molar-refractivity contribution < 1.29 is 5.11 Å². The Labute approximate surface area is 153 Å². The summed E-state index contributed by atoms with van der Waals surface area (Å²) in [5.41, 5.74) is 2.25. The molecule has 0 amide bonds. The molecule has 3 aromatic carbocycles. The number of phenols is 1. The average molecular weight is 353 g/mol. The molecule has 0 radical (unpaired) electrons. The van der Waals surface area contributed by atoms with Crippen molar-refractivity contribution in [3.8, 4) is 5.75 Å². The number of hydrogen-bond acceptors (Lipinski definition) is 3. The lowest BCUT2D eigenvalue weighted by Gasteiger charge is -2.36. The van der Waals surface area contributed by atoms with Crippen molar-refractivity contribution in [3.05, 3.63) is 71.2 Å². The lowest BCUT2D eigenvalue weighted by Crippen LogP contribution is -2.46. The predicted octanol–water partition coefficient (Wildman–Crippen LogP) is 4.52. The van der Waals surface area contributed by atoms with Crippen molar-refractivity contribution in [1.29, 1.82) is 0 Å². The van der Waals surface area contributed by atoms with Crippen molar-refractivity contribution in [2.45, 2.75) is 6.54 Å². The van der Waals surface area contributed by atoms with E-state index in [0.29, 0.717) is 5.75 Å². The highest BCUT2D eigenvalue weighted by molar-refractivity contribution is 6.30. The van der Waals surface area contributed by atoms with E-state index < -0.39 is 0 Å². The van der Waals surface area contributed by atoms with Crippen LogP contribution in [0.25, 0.3) is 10.8 Å². The standard InChI is InChI=1S/C21H21ClN2O/c22-17-6-8-18(9-7-17)24-13-11-23(12-14-24)15-20-19-4-2-1-3-16(19)5-10-21(20)25/h1-10,25H,11-15H2. The monoisotopic (exact) mass is 352 g/mol. The number of halogens is 1. The summed E-state index contributed by atoms with van der Waals surface area (Å²) in [6.45, 7) is 4.69. The van der Waals surface area contributed by atoms with Gasteiger partial charge in [0, 0.05) is 49.0 Å². The van der Waals surface area contributed by atoms with Crippen LogP contribution in [0.1, 0.15) is 5.56 Å². The fraction of sp³-hybridized carbons (Fsp3) is 0.238. The Hall–Kier alpha value is -2.23. The molecular formula is C21H21ClN2O. The van der Waals surface area contributed by atoms with E-state index >= 15 is 0 Å². The first-order chi connectivity index (χ1) is 12.2. The number of benzene rings is 3. The second kappa shape index (κ2) is 6.95. The summed E-state index contributed by atoms with van der Waals surface area (Å²) in [6.07, 6.45) is 0. The Morgan fingerprint density at radius 2 is 1.56 bits per heavy atom. The first-order valence-corrected chi connectivity index (χ1v) is 9.01. The largest absolute Gasteiger partial charge is 0.508 e. The van der Waals surface area contributed by atoms with E-state index in [-0.39, 0.29) is 0 Å². The minimum Gasteiger partial charge on any atom is -0.508 e. The number of rotatable bonds is 3. The molecule has 1 heterocycles. The molecule has 0 aromatic heterocycles. The maximum atomic E-state index is 10.3.